The Bertz CT molecular complexity index is 806. The summed E-state index contributed by atoms with van der Waals surface area (Å²) in [6, 6.07) is 11.5. The first kappa shape index (κ1) is 16.8. The molecule has 1 amide bonds. The largest absolute Gasteiger partial charge is 0.365 e. The first-order valence-electron chi connectivity index (χ1n) is 10.2. The number of aryl methyl sites for hydroxylation is 1. The Morgan fingerprint density at radius 1 is 0.963 bits per heavy atom. The fraction of sp³-hybridized carbons (Fsp3) is 0.478. The Kier molecular flexibility index (Phi) is 3.96. The SMILES string of the molecule is Cc1ccc(C(=O)Nc2ccc(NC34CC5CC(CC(C5)C3)C4)nc2)cc1. The van der Waals surface area contributed by atoms with Crippen molar-refractivity contribution in [2.24, 2.45) is 17.8 Å². The third-order valence-corrected chi connectivity index (χ3v) is 6.77. The van der Waals surface area contributed by atoms with Gasteiger partial charge < -0.3 is 10.6 Å². The van der Waals surface area contributed by atoms with Crippen LogP contribution in [-0.4, -0.2) is 16.4 Å². The molecule has 4 nitrogen and oxygen atoms in total. The van der Waals surface area contributed by atoms with Crippen LogP contribution in [0.3, 0.4) is 0 Å². The van der Waals surface area contributed by atoms with Gasteiger partial charge in [0, 0.05) is 11.1 Å². The van der Waals surface area contributed by atoms with Gasteiger partial charge >= 0.3 is 0 Å². The van der Waals surface area contributed by atoms with Gasteiger partial charge in [0.15, 0.2) is 0 Å². The number of hydrogen-bond acceptors (Lipinski definition) is 3. The van der Waals surface area contributed by atoms with E-state index in [0.29, 0.717) is 5.56 Å². The zero-order valence-electron chi connectivity index (χ0n) is 15.9. The van der Waals surface area contributed by atoms with Gasteiger partial charge in [0.1, 0.15) is 5.82 Å². The summed E-state index contributed by atoms with van der Waals surface area (Å²) in [5.41, 5.74) is 2.80. The molecule has 0 unspecified atom stereocenters. The number of aromatic nitrogens is 1. The monoisotopic (exact) mass is 361 g/mol. The van der Waals surface area contributed by atoms with Gasteiger partial charge in [-0.3, -0.25) is 4.79 Å². The smallest absolute Gasteiger partial charge is 0.255 e. The molecule has 0 aliphatic heterocycles. The Hall–Kier alpha value is -2.36. The van der Waals surface area contributed by atoms with Gasteiger partial charge in [-0.1, -0.05) is 17.7 Å². The summed E-state index contributed by atoms with van der Waals surface area (Å²) in [5, 5.41) is 6.72. The van der Waals surface area contributed by atoms with Gasteiger partial charge in [-0.25, -0.2) is 4.98 Å². The molecule has 1 aromatic carbocycles. The molecule has 4 fully saturated rings. The van der Waals surface area contributed by atoms with E-state index in [0.717, 1.165) is 34.8 Å². The summed E-state index contributed by atoms with van der Waals surface area (Å²) in [5.74, 6) is 3.58. The lowest BCUT2D eigenvalue weighted by Gasteiger charge is -2.57. The van der Waals surface area contributed by atoms with Crippen molar-refractivity contribution in [3.8, 4) is 0 Å². The van der Waals surface area contributed by atoms with Crippen molar-refractivity contribution in [3.05, 3.63) is 53.7 Å². The van der Waals surface area contributed by atoms with Gasteiger partial charge in [-0.05, 0) is 87.5 Å². The average Bonchev–Trinajstić information content (AvgIpc) is 2.62. The first-order valence-corrected chi connectivity index (χ1v) is 10.2. The molecule has 6 rings (SSSR count). The van der Waals surface area contributed by atoms with E-state index in [9.17, 15) is 4.79 Å². The van der Waals surface area contributed by atoms with Crippen molar-refractivity contribution in [2.45, 2.75) is 51.0 Å². The number of rotatable bonds is 4. The van der Waals surface area contributed by atoms with E-state index in [1.165, 1.54) is 38.5 Å². The summed E-state index contributed by atoms with van der Waals surface area (Å²) in [4.78, 5) is 16.9. The Balaban J connectivity index is 1.25. The fourth-order valence-electron chi connectivity index (χ4n) is 5.99. The van der Waals surface area contributed by atoms with Crippen LogP contribution in [0.15, 0.2) is 42.6 Å². The van der Waals surface area contributed by atoms with Crippen LogP contribution in [0.1, 0.15) is 54.4 Å². The standard InChI is InChI=1S/C23H27N3O/c1-15-2-4-19(5-3-15)22(27)25-20-6-7-21(24-14-20)26-23-11-16-8-17(12-23)10-18(9-16)13-23/h2-7,14,16-18H,8-13H2,1H3,(H,24,26)(H,25,27). The number of carbonyl (C=O) groups is 1. The van der Waals surface area contributed by atoms with E-state index in [1.807, 2.05) is 43.3 Å². The Morgan fingerprint density at radius 2 is 1.59 bits per heavy atom. The molecule has 4 aliphatic carbocycles. The van der Waals surface area contributed by atoms with Crippen molar-refractivity contribution in [2.75, 3.05) is 10.6 Å². The van der Waals surface area contributed by atoms with Gasteiger partial charge in [0.05, 0.1) is 11.9 Å². The van der Waals surface area contributed by atoms with Crippen LogP contribution >= 0.6 is 0 Å². The van der Waals surface area contributed by atoms with Crippen molar-refractivity contribution < 1.29 is 4.79 Å². The number of nitrogens with zero attached hydrogens (tertiary/aromatic N) is 1. The van der Waals surface area contributed by atoms with Crippen LogP contribution in [0.4, 0.5) is 11.5 Å². The molecule has 2 aromatic rings. The normalized spacial score (nSPS) is 30.9. The molecular weight excluding hydrogens is 334 g/mol. The second kappa shape index (κ2) is 6.36. The molecule has 0 radical (unpaired) electrons. The molecular formula is C23H27N3O. The minimum absolute atomic E-state index is 0.0985. The lowest BCUT2D eigenvalue weighted by Crippen LogP contribution is -2.54. The second-order valence-corrected chi connectivity index (χ2v) is 9.08. The molecule has 4 aliphatic rings. The van der Waals surface area contributed by atoms with Crippen molar-refractivity contribution >= 4 is 17.4 Å². The Morgan fingerprint density at radius 3 is 2.15 bits per heavy atom. The predicted molar refractivity (Wildman–Crippen MR) is 108 cm³/mol. The number of amides is 1. The highest BCUT2D eigenvalue weighted by molar-refractivity contribution is 6.04. The number of benzene rings is 1. The zero-order chi connectivity index (χ0) is 18.4. The van der Waals surface area contributed by atoms with Gasteiger partial charge in [0.2, 0.25) is 0 Å². The van der Waals surface area contributed by atoms with Crippen LogP contribution in [0.25, 0.3) is 0 Å². The van der Waals surface area contributed by atoms with Crippen LogP contribution in [0.2, 0.25) is 0 Å². The molecule has 1 heterocycles. The Labute approximate surface area is 160 Å². The van der Waals surface area contributed by atoms with Crippen LogP contribution in [0, 0.1) is 24.7 Å². The minimum Gasteiger partial charge on any atom is -0.365 e. The third-order valence-electron chi connectivity index (χ3n) is 6.77. The second-order valence-electron chi connectivity index (χ2n) is 9.08. The molecule has 0 spiro atoms. The van der Waals surface area contributed by atoms with Crippen LogP contribution in [0.5, 0.6) is 0 Å². The molecule has 4 heteroatoms. The molecule has 4 bridgehead atoms. The molecule has 0 atom stereocenters. The fourth-order valence-corrected chi connectivity index (χ4v) is 5.99. The van der Waals surface area contributed by atoms with E-state index in [4.69, 9.17) is 0 Å². The quantitative estimate of drug-likeness (QED) is 0.804. The highest BCUT2D eigenvalue weighted by Gasteiger charge is 2.51. The van der Waals surface area contributed by atoms with E-state index in [1.54, 1.807) is 6.20 Å². The molecule has 0 saturated heterocycles. The summed E-state index contributed by atoms with van der Waals surface area (Å²) < 4.78 is 0. The zero-order valence-corrected chi connectivity index (χ0v) is 15.9. The van der Waals surface area contributed by atoms with E-state index >= 15 is 0 Å². The number of hydrogen-bond donors (Lipinski definition) is 2. The maximum Gasteiger partial charge on any atom is 0.255 e. The molecule has 4 saturated carbocycles. The van der Waals surface area contributed by atoms with Crippen LogP contribution in [-0.2, 0) is 0 Å². The highest BCUT2D eigenvalue weighted by atomic mass is 16.1. The van der Waals surface area contributed by atoms with Crippen molar-refractivity contribution in [1.29, 1.82) is 0 Å². The van der Waals surface area contributed by atoms with Gasteiger partial charge in [0.25, 0.3) is 5.91 Å². The molecule has 2 N–H and O–H groups in total. The first-order chi connectivity index (χ1) is 13.1. The molecule has 27 heavy (non-hydrogen) atoms. The van der Waals surface area contributed by atoms with E-state index in [-0.39, 0.29) is 11.4 Å². The molecule has 140 valence electrons. The number of pyridine rings is 1. The lowest BCUT2D eigenvalue weighted by atomic mass is 9.53. The summed E-state index contributed by atoms with van der Waals surface area (Å²) in [6.45, 7) is 2.02. The van der Waals surface area contributed by atoms with Crippen LogP contribution < -0.4 is 10.6 Å². The van der Waals surface area contributed by atoms with Gasteiger partial charge in [-0.15, -0.1) is 0 Å². The van der Waals surface area contributed by atoms with Crippen molar-refractivity contribution in [3.63, 3.8) is 0 Å². The third kappa shape index (κ3) is 3.33. The summed E-state index contributed by atoms with van der Waals surface area (Å²) in [6.07, 6.45) is 9.98. The van der Waals surface area contributed by atoms with E-state index in [2.05, 4.69) is 15.6 Å². The van der Waals surface area contributed by atoms with Crippen molar-refractivity contribution in [1.82, 2.24) is 4.98 Å². The lowest BCUT2D eigenvalue weighted by molar-refractivity contribution is 0.0105. The summed E-state index contributed by atoms with van der Waals surface area (Å²) >= 11 is 0. The van der Waals surface area contributed by atoms with E-state index < -0.39 is 0 Å². The maximum absolute atomic E-state index is 12.4. The minimum atomic E-state index is -0.0985. The topological polar surface area (TPSA) is 54.0 Å². The molecule has 1 aromatic heterocycles. The predicted octanol–water partition coefficient (Wildman–Crippen LogP) is 5.02. The number of carbonyl (C=O) groups excluding carboxylic acids is 1. The number of nitrogens with one attached hydrogen (secondary N) is 2. The highest BCUT2D eigenvalue weighted by Crippen LogP contribution is 2.56. The summed E-state index contributed by atoms with van der Waals surface area (Å²) in [7, 11) is 0. The maximum atomic E-state index is 12.4. The average molecular weight is 361 g/mol. The van der Waals surface area contributed by atoms with Gasteiger partial charge in [-0.2, -0.15) is 0 Å². The number of anilines is 2.